The molecule has 1 aromatic heterocycles. The van der Waals surface area contributed by atoms with Gasteiger partial charge in [-0.2, -0.15) is 0 Å². The molecule has 1 heterocycles. The van der Waals surface area contributed by atoms with Gasteiger partial charge in [-0.25, -0.2) is 15.0 Å². The van der Waals surface area contributed by atoms with E-state index in [4.69, 9.17) is 4.98 Å². The van der Waals surface area contributed by atoms with Crippen LogP contribution in [-0.2, 0) is 0 Å². The molecule has 0 radical (unpaired) electrons. The molecule has 0 bridgehead atoms. The molecule has 0 N–H and O–H groups in total. The molecule has 0 saturated carbocycles. The van der Waals surface area contributed by atoms with Gasteiger partial charge in [-0.3, -0.25) is 0 Å². The number of nitrogens with zero attached hydrogens (tertiary/aromatic N) is 3. The fourth-order valence-corrected chi connectivity index (χ4v) is 3.67. The predicted molar refractivity (Wildman–Crippen MR) is 106 cm³/mol. The van der Waals surface area contributed by atoms with Crippen molar-refractivity contribution in [1.29, 1.82) is 0 Å². The van der Waals surface area contributed by atoms with Crippen LogP contribution in [0, 0.1) is 24.7 Å². The quantitative estimate of drug-likeness (QED) is 0.771. The van der Waals surface area contributed by atoms with Crippen molar-refractivity contribution in [1.82, 2.24) is 15.0 Å². The van der Waals surface area contributed by atoms with Crippen LogP contribution < -0.4 is 0 Å². The van der Waals surface area contributed by atoms with Gasteiger partial charge in [0.1, 0.15) is 5.82 Å². The van der Waals surface area contributed by atoms with E-state index >= 15 is 0 Å². The zero-order valence-corrected chi connectivity index (χ0v) is 15.2. The Balaban J connectivity index is 1.70. The van der Waals surface area contributed by atoms with Crippen molar-refractivity contribution in [2.24, 2.45) is 17.8 Å². The monoisotopic (exact) mass is 341 g/mol. The molecular weight excluding hydrogens is 318 g/mol. The first-order valence-corrected chi connectivity index (χ1v) is 9.22. The molecule has 130 valence electrons. The third kappa shape index (κ3) is 3.43. The normalized spacial score (nSPS) is 24.5. The Morgan fingerprint density at radius 3 is 2.50 bits per heavy atom. The second-order valence-corrected chi connectivity index (χ2v) is 7.03. The molecule has 2 aliphatic rings. The third-order valence-electron chi connectivity index (χ3n) is 5.10. The van der Waals surface area contributed by atoms with Crippen LogP contribution in [0.5, 0.6) is 0 Å². The molecular formula is C23H23N3. The van der Waals surface area contributed by atoms with Crippen molar-refractivity contribution in [3.05, 3.63) is 84.5 Å². The van der Waals surface area contributed by atoms with Crippen molar-refractivity contribution < 1.29 is 0 Å². The molecule has 2 aliphatic carbocycles. The summed E-state index contributed by atoms with van der Waals surface area (Å²) < 4.78 is 0. The van der Waals surface area contributed by atoms with Crippen molar-refractivity contribution in [2.45, 2.75) is 20.3 Å². The Hall–Kier alpha value is -2.81. The lowest BCUT2D eigenvalue weighted by atomic mass is 9.75. The highest BCUT2D eigenvalue weighted by atomic mass is 15.0. The molecule has 3 nitrogen and oxygen atoms in total. The van der Waals surface area contributed by atoms with Gasteiger partial charge in [0.25, 0.3) is 0 Å². The highest BCUT2D eigenvalue weighted by Gasteiger charge is 2.25. The summed E-state index contributed by atoms with van der Waals surface area (Å²) >= 11 is 0. The first-order valence-electron chi connectivity index (χ1n) is 9.22. The van der Waals surface area contributed by atoms with Gasteiger partial charge in [-0.1, -0.05) is 79.8 Å². The van der Waals surface area contributed by atoms with E-state index in [0.29, 0.717) is 17.8 Å². The topological polar surface area (TPSA) is 38.7 Å². The van der Waals surface area contributed by atoms with Crippen LogP contribution in [0.15, 0.2) is 72.9 Å². The standard InChI is InChI=1S/C23H23N3/c1-16-13-14-20(15-21(16)18-9-5-3-6-10-18)23-25-17(2)24-22(26-23)19-11-7-4-8-12-19/h3-9,11-16,18,21H,10H2,1-2H3/t16?,18?,21-/m0/s1. The number of allylic oxidation sites excluding steroid dienone is 8. The van der Waals surface area contributed by atoms with Gasteiger partial charge in [0.15, 0.2) is 11.6 Å². The van der Waals surface area contributed by atoms with Crippen LogP contribution in [0.3, 0.4) is 0 Å². The Morgan fingerprint density at radius 1 is 0.923 bits per heavy atom. The van der Waals surface area contributed by atoms with Gasteiger partial charge in [-0.05, 0) is 31.1 Å². The molecule has 0 fully saturated rings. The molecule has 2 aromatic rings. The summed E-state index contributed by atoms with van der Waals surface area (Å²) in [5.74, 6) is 3.76. The minimum absolute atomic E-state index is 0.466. The van der Waals surface area contributed by atoms with Crippen LogP contribution in [0.4, 0.5) is 0 Å². The summed E-state index contributed by atoms with van der Waals surface area (Å²) in [4.78, 5) is 13.9. The second-order valence-electron chi connectivity index (χ2n) is 7.03. The summed E-state index contributed by atoms with van der Waals surface area (Å²) in [7, 11) is 0. The molecule has 0 saturated heterocycles. The first-order chi connectivity index (χ1) is 12.7. The fourth-order valence-electron chi connectivity index (χ4n) is 3.67. The molecule has 26 heavy (non-hydrogen) atoms. The zero-order chi connectivity index (χ0) is 17.9. The Labute approximate surface area is 154 Å². The number of rotatable bonds is 3. The number of hydrogen-bond acceptors (Lipinski definition) is 3. The van der Waals surface area contributed by atoms with Crippen LogP contribution in [-0.4, -0.2) is 15.0 Å². The average Bonchev–Trinajstić information content (AvgIpc) is 2.69. The minimum Gasteiger partial charge on any atom is -0.213 e. The Morgan fingerprint density at radius 2 is 1.73 bits per heavy atom. The Kier molecular flexibility index (Phi) is 4.61. The third-order valence-corrected chi connectivity index (χ3v) is 5.10. The van der Waals surface area contributed by atoms with Gasteiger partial charge >= 0.3 is 0 Å². The maximum absolute atomic E-state index is 4.76. The van der Waals surface area contributed by atoms with E-state index in [0.717, 1.165) is 35.0 Å². The van der Waals surface area contributed by atoms with Gasteiger partial charge in [0, 0.05) is 11.1 Å². The van der Waals surface area contributed by atoms with Gasteiger partial charge in [0.05, 0.1) is 0 Å². The van der Waals surface area contributed by atoms with E-state index in [1.54, 1.807) is 0 Å². The zero-order valence-electron chi connectivity index (χ0n) is 15.2. The van der Waals surface area contributed by atoms with E-state index in [-0.39, 0.29) is 0 Å². The summed E-state index contributed by atoms with van der Waals surface area (Å²) in [5, 5.41) is 0. The molecule has 4 rings (SSSR count). The van der Waals surface area contributed by atoms with E-state index in [2.05, 4.69) is 59.4 Å². The SMILES string of the molecule is Cc1nc(C2=C[C@H](C3C=CC=CC3)C(C)C=C2)nc(-c2ccccc2)n1. The largest absolute Gasteiger partial charge is 0.213 e. The summed E-state index contributed by atoms with van der Waals surface area (Å²) in [6.07, 6.45) is 16.8. The van der Waals surface area contributed by atoms with E-state index in [9.17, 15) is 0 Å². The van der Waals surface area contributed by atoms with Crippen LogP contribution in [0.1, 0.15) is 25.0 Å². The number of aryl methyl sites for hydroxylation is 1. The van der Waals surface area contributed by atoms with Crippen LogP contribution >= 0.6 is 0 Å². The maximum atomic E-state index is 4.76. The van der Waals surface area contributed by atoms with E-state index in [1.165, 1.54) is 0 Å². The lowest BCUT2D eigenvalue weighted by molar-refractivity contribution is 0.391. The number of hydrogen-bond donors (Lipinski definition) is 0. The van der Waals surface area contributed by atoms with Crippen molar-refractivity contribution >= 4 is 5.57 Å². The van der Waals surface area contributed by atoms with E-state index < -0.39 is 0 Å². The van der Waals surface area contributed by atoms with E-state index in [1.807, 2.05) is 37.3 Å². The smallest absolute Gasteiger partial charge is 0.163 e. The maximum Gasteiger partial charge on any atom is 0.163 e. The highest BCUT2D eigenvalue weighted by molar-refractivity contribution is 5.72. The molecule has 1 aromatic carbocycles. The number of aromatic nitrogens is 3. The molecule has 0 aliphatic heterocycles. The average molecular weight is 341 g/mol. The summed E-state index contributed by atoms with van der Waals surface area (Å²) in [5.41, 5.74) is 2.11. The van der Waals surface area contributed by atoms with Gasteiger partial charge in [-0.15, -0.1) is 0 Å². The van der Waals surface area contributed by atoms with Gasteiger partial charge < -0.3 is 0 Å². The van der Waals surface area contributed by atoms with Crippen molar-refractivity contribution in [3.63, 3.8) is 0 Å². The second kappa shape index (κ2) is 7.20. The number of benzene rings is 1. The first kappa shape index (κ1) is 16.6. The molecule has 2 unspecified atom stereocenters. The fraction of sp³-hybridized carbons (Fsp3) is 0.261. The molecule has 3 atom stereocenters. The van der Waals surface area contributed by atoms with Crippen LogP contribution in [0.25, 0.3) is 17.0 Å². The van der Waals surface area contributed by atoms with Gasteiger partial charge in [0.2, 0.25) is 0 Å². The molecule has 0 spiro atoms. The van der Waals surface area contributed by atoms with Crippen molar-refractivity contribution in [2.75, 3.05) is 0 Å². The van der Waals surface area contributed by atoms with Crippen LogP contribution in [0.2, 0.25) is 0 Å². The lowest BCUT2D eigenvalue weighted by Gasteiger charge is -2.29. The summed E-state index contributed by atoms with van der Waals surface area (Å²) in [6.45, 7) is 4.22. The minimum atomic E-state index is 0.466. The Bertz CT molecular complexity index is 906. The molecule has 3 heteroatoms. The predicted octanol–water partition coefficient (Wildman–Crippen LogP) is 5.18. The lowest BCUT2D eigenvalue weighted by Crippen LogP contribution is -2.20. The molecule has 0 amide bonds. The highest BCUT2D eigenvalue weighted by Crippen LogP contribution is 2.35. The van der Waals surface area contributed by atoms with Crippen molar-refractivity contribution in [3.8, 4) is 11.4 Å². The summed E-state index contributed by atoms with van der Waals surface area (Å²) in [6, 6.07) is 10.1.